The molecular formula is C24H39O3-. The Bertz CT molecular complexity index is 481. The second kappa shape index (κ2) is 15.5. The van der Waals surface area contributed by atoms with Gasteiger partial charge >= 0.3 is 0 Å². The Hall–Kier alpha value is -1.51. The van der Waals surface area contributed by atoms with Crippen molar-refractivity contribution >= 4 is 5.97 Å². The van der Waals surface area contributed by atoms with Gasteiger partial charge in [0.05, 0.1) is 5.97 Å². The smallest absolute Gasteiger partial charge is 0.138 e. The number of rotatable bonds is 17. The Labute approximate surface area is 166 Å². The highest BCUT2D eigenvalue weighted by atomic mass is 16.5. The van der Waals surface area contributed by atoms with Gasteiger partial charge < -0.3 is 14.6 Å². The highest BCUT2D eigenvalue weighted by Gasteiger charge is 2.11. The van der Waals surface area contributed by atoms with E-state index in [9.17, 15) is 9.90 Å². The molecule has 0 saturated heterocycles. The Morgan fingerprint density at radius 1 is 0.815 bits per heavy atom. The highest BCUT2D eigenvalue weighted by molar-refractivity contribution is 5.70. The number of carbonyl (C=O) groups is 1. The number of aliphatic carboxylic acids is 1. The molecule has 0 spiro atoms. The molecule has 1 rings (SSSR count). The molecule has 0 amide bonds. The van der Waals surface area contributed by atoms with Gasteiger partial charge in [0, 0.05) is 0 Å². The first-order valence-corrected chi connectivity index (χ1v) is 11.1. The van der Waals surface area contributed by atoms with Crippen molar-refractivity contribution in [3.8, 4) is 5.75 Å². The summed E-state index contributed by atoms with van der Waals surface area (Å²) >= 11 is 0. The van der Waals surface area contributed by atoms with E-state index in [0.717, 1.165) is 19.3 Å². The van der Waals surface area contributed by atoms with Crippen LogP contribution in [0.15, 0.2) is 24.3 Å². The van der Waals surface area contributed by atoms with E-state index < -0.39 is 12.1 Å². The summed E-state index contributed by atoms with van der Waals surface area (Å²) in [4.78, 5) is 11.4. The predicted octanol–water partition coefficient (Wildman–Crippen LogP) is 5.84. The number of carboxylic acids is 1. The zero-order valence-corrected chi connectivity index (χ0v) is 17.5. The van der Waals surface area contributed by atoms with Gasteiger partial charge in [-0.15, -0.1) is 0 Å². The zero-order chi connectivity index (χ0) is 19.7. The third-order valence-electron chi connectivity index (χ3n) is 5.10. The molecule has 0 saturated carbocycles. The fourth-order valence-corrected chi connectivity index (χ4v) is 3.34. The number of unbranched alkanes of at least 4 members (excludes halogenated alkanes) is 10. The minimum Gasteiger partial charge on any atom is -0.546 e. The average Bonchev–Trinajstić information content (AvgIpc) is 2.67. The van der Waals surface area contributed by atoms with Crippen molar-refractivity contribution < 1.29 is 14.6 Å². The molecule has 0 fully saturated rings. The van der Waals surface area contributed by atoms with E-state index in [4.69, 9.17) is 4.74 Å². The molecule has 0 aromatic heterocycles. The number of benzene rings is 1. The van der Waals surface area contributed by atoms with Crippen molar-refractivity contribution in [1.82, 2.24) is 0 Å². The lowest BCUT2D eigenvalue weighted by molar-refractivity contribution is -0.313. The first-order chi connectivity index (χ1) is 13.2. The Kier molecular flexibility index (Phi) is 13.5. The van der Waals surface area contributed by atoms with Crippen LogP contribution in [0.2, 0.25) is 0 Å². The molecule has 3 nitrogen and oxygen atoms in total. The van der Waals surface area contributed by atoms with Crippen LogP contribution >= 0.6 is 0 Å². The molecule has 0 heterocycles. The Morgan fingerprint density at radius 3 is 1.89 bits per heavy atom. The topological polar surface area (TPSA) is 49.4 Å². The molecule has 0 N–H and O–H groups in total. The van der Waals surface area contributed by atoms with Crippen molar-refractivity contribution in [1.29, 1.82) is 0 Å². The van der Waals surface area contributed by atoms with Gasteiger partial charge in [-0.25, -0.2) is 0 Å². The third-order valence-corrected chi connectivity index (χ3v) is 5.10. The number of hydrogen-bond donors (Lipinski definition) is 0. The zero-order valence-electron chi connectivity index (χ0n) is 17.5. The largest absolute Gasteiger partial charge is 0.546 e. The maximum atomic E-state index is 11.4. The van der Waals surface area contributed by atoms with E-state index in [0.29, 0.717) is 12.2 Å². The molecule has 3 heteroatoms. The van der Waals surface area contributed by atoms with E-state index in [2.05, 4.69) is 26.0 Å². The summed E-state index contributed by atoms with van der Waals surface area (Å²) < 4.78 is 5.67. The van der Waals surface area contributed by atoms with Crippen LogP contribution in [0, 0.1) is 0 Å². The maximum Gasteiger partial charge on any atom is 0.138 e. The lowest BCUT2D eigenvalue weighted by Crippen LogP contribution is -2.39. The quantitative estimate of drug-likeness (QED) is 0.321. The van der Waals surface area contributed by atoms with Crippen LogP contribution in [0.5, 0.6) is 5.75 Å². The van der Waals surface area contributed by atoms with Gasteiger partial charge in [-0.1, -0.05) is 90.2 Å². The molecule has 1 unspecified atom stereocenters. The molecule has 0 radical (unpaired) electrons. The monoisotopic (exact) mass is 375 g/mol. The van der Waals surface area contributed by atoms with E-state index in [1.165, 1.54) is 69.8 Å². The minimum absolute atomic E-state index is 0.522. The molecule has 1 aromatic carbocycles. The van der Waals surface area contributed by atoms with Gasteiger partial charge in [0.2, 0.25) is 0 Å². The summed E-state index contributed by atoms with van der Waals surface area (Å²) in [6, 6.07) is 7.89. The van der Waals surface area contributed by atoms with Crippen molar-refractivity contribution in [3.05, 3.63) is 29.8 Å². The van der Waals surface area contributed by atoms with Gasteiger partial charge in [-0.3, -0.25) is 0 Å². The lowest BCUT2D eigenvalue weighted by atomic mass is 10.0. The van der Waals surface area contributed by atoms with Gasteiger partial charge in [0.1, 0.15) is 11.9 Å². The molecule has 0 aliphatic rings. The molecule has 27 heavy (non-hydrogen) atoms. The van der Waals surface area contributed by atoms with E-state index in [-0.39, 0.29) is 0 Å². The molecule has 1 aromatic rings. The van der Waals surface area contributed by atoms with Crippen LogP contribution < -0.4 is 9.84 Å². The summed E-state index contributed by atoms with van der Waals surface area (Å²) in [6.07, 6.45) is 15.3. The van der Waals surface area contributed by atoms with E-state index >= 15 is 0 Å². The Balaban J connectivity index is 2.30. The van der Waals surface area contributed by atoms with Crippen LogP contribution in [0.25, 0.3) is 0 Å². The van der Waals surface area contributed by atoms with Crippen molar-refractivity contribution in [2.24, 2.45) is 0 Å². The summed E-state index contributed by atoms with van der Waals surface area (Å²) in [5.41, 5.74) is 1.29. The van der Waals surface area contributed by atoms with Crippen LogP contribution in [0.3, 0.4) is 0 Å². The molecule has 1 atom stereocenters. The first kappa shape index (κ1) is 23.5. The van der Waals surface area contributed by atoms with Crippen LogP contribution in [-0.4, -0.2) is 12.1 Å². The number of aryl methyl sites for hydroxylation is 1. The van der Waals surface area contributed by atoms with Gasteiger partial charge in [0.25, 0.3) is 0 Å². The number of carbonyl (C=O) groups excluding carboxylic acids is 1. The maximum absolute atomic E-state index is 11.4. The number of carboxylic acid groups (broad SMARTS) is 1. The molecule has 154 valence electrons. The van der Waals surface area contributed by atoms with Gasteiger partial charge in [0.15, 0.2) is 0 Å². The van der Waals surface area contributed by atoms with E-state index in [1.54, 1.807) is 0 Å². The highest BCUT2D eigenvalue weighted by Crippen LogP contribution is 2.18. The normalized spacial score (nSPS) is 12.1. The van der Waals surface area contributed by atoms with Crippen LogP contribution in [0.1, 0.15) is 103 Å². The second-order valence-corrected chi connectivity index (χ2v) is 7.64. The lowest BCUT2D eigenvalue weighted by Gasteiger charge is -2.20. The molecule has 0 aliphatic heterocycles. The SMILES string of the molecule is CCCCCCCCc1ccc(OC(CCCCCCCC)C(=O)[O-])cc1. The summed E-state index contributed by atoms with van der Waals surface area (Å²) in [7, 11) is 0. The summed E-state index contributed by atoms with van der Waals surface area (Å²) in [5, 5.41) is 11.4. The summed E-state index contributed by atoms with van der Waals surface area (Å²) in [6.45, 7) is 4.43. The fourth-order valence-electron chi connectivity index (χ4n) is 3.34. The van der Waals surface area contributed by atoms with Crippen LogP contribution in [0.4, 0.5) is 0 Å². The van der Waals surface area contributed by atoms with E-state index in [1.807, 2.05) is 12.1 Å². The fraction of sp³-hybridized carbons (Fsp3) is 0.708. The van der Waals surface area contributed by atoms with Crippen molar-refractivity contribution in [2.75, 3.05) is 0 Å². The molecular weight excluding hydrogens is 336 g/mol. The molecule has 0 aliphatic carbocycles. The van der Waals surface area contributed by atoms with Crippen LogP contribution in [-0.2, 0) is 11.2 Å². The first-order valence-electron chi connectivity index (χ1n) is 11.1. The second-order valence-electron chi connectivity index (χ2n) is 7.64. The number of ether oxygens (including phenoxy) is 1. The Morgan fingerprint density at radius 2 is 1.33 bits per heavy atom. The predicted molar refractivity (Wildman–Crippen MR) is 111 cm³/mol. The van der Waals surface area contributed by atoms with Gasteiger partial charge in [-0.2, -0.15) is 0 Å². The average molecular weight is 376 g/mol. The van der Waals surface area contributed by atoms with Crippen molar-refractivity contribution in [2.45, 2.75) is 110 Å². The van der Waals surface area contributed by atoms with Gasteiger partial charge in [-0.05, 0) is 43.4 Å². The third kappa shape index (κ3) is 11.7. The summed E-state index contributed by atoms with van der Waals surface area (Å²) in [5.74, 6) is -0.485. The number of hydrogen-bond acceptors (Lipinski definition) is 3. The minimum atomic E-state index is -1.11. The molecule has 0 bridgehead atoms. The van der Waals surface area contributed by atoms with Crippen molar-refractivity contribution in [3.63, 3.8) is 0 Å². The standard InChI is InChI=1S/C24H40O3/c1-3-5-7-9-11-13-15-21-17-19-22(20-18-21)27-23(24(25)26)16-14-12-10-8-6-4-2/h17-20,23H,3-16H2,1-2H3,(H,25,26)/p-1.